The second-order valence-electron chi connectivity index (χ2n) is 4.41. The summed E-state index contributed by atoms with van der Waals surface area (Å²) in [5.74, 6) is 0.243. The van der Waals surface area contributed by atoms with Gasteiger partial charge in [0.15, 0.2) is 0 Å². The summed E-state index contributed by atoms with van der Waals surface area (Å²) < 4.78 is 0. The van der Waals surface area contributed by atoms with Gasteiger partial charge in [-0.2, -0.15) is 5.26 Å². The van der Waals surface area contributed by atoms with Crippen LogP contribution in [-0.2, 0) is 0 Å². The number of aromatic hydroxyl groups is 2. The molecule has 5 nitrogen and oxygen atoms in total. The van der Waals surface area contributed by atoms with Crippen LogP contribution < -0.4 is 5.32 Å². The first-order valence-corrected chi connectivity index (χ1v) is 6.06. The van der Waals surface area contributed by atoms with Crippen molar-refractivity contribution in [3.05, 3.63) is 23.8 Å². The fraction of sp³-hybridized carbons (Fsp3) is 0.462. The molecular weight excluding hydrogens is 301 g/mol. The molecule has 3 N–H and O–H groups in total. The van der Waals surface area contributed by atoms with Crippen molar-refractivity contribution in [3.8, 4) is 17.6 Å². The largest absolute Gasteiger partial charge is 0.508 e. The first kappa shape index (κ1) is 18.8. The third-order valence-electron chi connectivity index (χ3n) is 3.25. The zero-order valence-electron chi connectivity index (χ0n) is 11.0. The molecule has 20 heavy (non-hydrogen) atoms. The number of hydrogen-bond donors (Lipinski definition) is 3. The van der Waals surface area contributed by atoms with Crippen molar-refractivity contribution >= 4 is 24.8 Å². The van der Waals surface area contributed by atoms with Crippen LogP contribution in [-0.4, -0.2) is 41.3 Å². The van der Waals surface area contributed by atoms with Crippen LogP contribution >= 0.6 is 24.8 Å². The fourth-order valence-corrected chi connectivity index (χ4v) is 2.32. The SMILES string of the molecule is Cl.Cl.N#CC[C@H](c1cc(O)ccc1O)N1CCNCC1. The van der Waals surface area contributed by atoms with Gasteiger partial charge < -0.3 is 15.5 Å². The Morgan fingerprint density at radius 3 is 2.50 bits per heavy atom. The lowest BCUT2D eigenvalue weighted by molar-refractivity contribution is 0.173. The topological polar surface area (TPSA) is 79.5 Å². The molecule has 0 radical (unpaired) electrons. The van der Waals surface area contributed by atoms with Gasteiger partial charge in [0.1, 0.15) is 11.5 Å². The highest BCUT2D eigenvalue weighted by Gasteiger charge is 2.24. The van der Waals surface area contributed by atoms with E-state index in [-0.39, 0.29) is 42.4 Å². The average molecular weight is 320 g/mol. The Hall–Kier alpha value is -1.19. The molecule has 1 fully saturated rings. The number of benzene rings is 1. The number of phenols is 2. The summed E-state index contributed by atoms with van der Waals surface area (Å²) in [5, 5.41) is 31.6. The monoisotopic (exact) mass is 319 g/mol. The maximum absolute atomic E-state index is 9.90. The molecule has 1 aliphatic heterocycles. The highest BCUT2D eigenvalue weighted by Crippen LogP contribution is 2.33. The van der Waals surface area contributed by atoms with E-state index in [1.807, 2.05) is 0 Å². The lowest BCUT2D eigenvalue weighted by Crippen LogP contribution is -2.45. The smallest absolute Gasteiger partial charge is 0.120 e. The maximum atomic E-state index is 9.90. The predicted octanol–water partition coefficient (Wildman–Crippen LogP) is 1.80. The first-order chi connectivity index (χ1) is 8.72. The number of nitrogens with zero attached hydrogens (tertiary/aromatic N) is 2. The van der Waals surface area contributed by atoms with Crippen LogP contribution in [0.5, 0.6) is 11.5 Å². The van der Waals surface area contributed by atoms with E-state index in [2.05, 4.69) is 16.3 Å². The Kier molecular flexibility index (Phi) is 8.35. The summed E-state index contributed by atoms with van der Waals surface area (Å²) in [7, 11) is 0. The molecule has 0 bridgehead atoms. The van der Waals surface area contributed by atoms with E-state index in [4.69, 9.17) is 5.26 Å². The molecule has 7 heteroatoms. The van der Waals surface area contributed by atoms with E-state index >= 15 is 0 Å². The number of nitriles is 1. The Labute approximate surface area is 131 Å². The van der Waals surface area contributed by atoms with E-state index in [1.54, 1.807) is 6.07 Å². The van der Waals surface area contributed by atoms with Gasteiger partial charge in [0, 0.05) is 31.7 Å². The van der Waals surface area contributed by atoms with Crippen LogP contribution in [0.25, 0.3) is 0 Å². The molecule has 1 saturated heterocycles. The summed E-state index contributed by atoms with van der Waals surface area (Å²) in [6.07, 6.45) is 0.303. The summed E-state index contributed by atoms with van der Waals surface area (Å²) in [4.78, 5) is 2.16. The van der Waals surface area contributed by atoms with Gasteiger partial charge in [-0.3, -0.25) is 4.90 Å². The highest BCUT2D eigenvalue weighted by atomic mass is 35.5. The number of nitrogens with one attached hydrogen (secondary N) is 1. The predicted molar refractivity (Wildman–Crippen MR) is 81.7 cm³/mol. The van der Waals surface area contributed by atoms with Gasteiger partial charge in [-0.15, -0.1) is 24.8 Å². The first-order valence-electron chi connectivity index (χ1n) is 6.06. The molecule has 0 aromatic heterocycles. The molecular formula is C13H19Cl2N3O2. The number of piperazine rings is 1. The summed E-state index contributed by atoms with van der Waals surface area (Å²) in [6.45, 7) is 3.42. The lowest BCUT2D eigenvalue weighted by atomic mass is 10.0. The third kappa shape index (κ3) is 4.43. The Morgan fingerprint density at radius 1 is 1.25 bits per heavy atom. The van der Waals surface area contributed by atoms with Crippen LogP contribution in [0.4, 0.5) is 0 Å². The maximum Gasteiger partial charge on any atom is 0.120 e. The van der Waals surface area contributed by atoms with Gasteiger partial charge in [-0.1, -0.05) is 0 Å². The molecule has 1 atom stereocenters. The second-order valence-corrected chi connectivity index (χ2v) is 4.41. The van der Waals surface area contributed by atoms with Gasteiger partial charge in [-0.05, 0) is 18.2 Å². The molecule has 0 unspecified atom stereocenters. The second kappa shape index (κ2) is 8.88. The molecule has 1 aromatic carbocycles. The molecule has 1 aromatic rings. The zero-order valence-corrected chi connectivity index (χ0v) is 12.6. The summed E-state index contributed by atoms with van der Waals surface area (Å²) in [6, 6.07) is 6.45. The van der Waals surface area contributed by atoms with Gasteiger partial charge in [0.25, 0.3) is 0 Å². The summed E-state index contributed by atoms with van der Waals surface area (Å²) in [5.41, 5.74) is 0.624. The van der Waals surface area contributed by atoms with Crippen molar-refractivity contribution in [1.29, 1.82) is 5.26 Å². The average Bonchev–Trinajstić information content (AvgIpc) is 2.40. The van der Waals surface area contributed by atoms with E-state index in [0.717, 1.165) is 26.2 Å². The zero-order chi connectivity index (χ0) is 13.0. The third-order valence-corrected chi connectivity index (χ3v) is 3.25. The molecule has 1 heterocycles. The lowest BCUT2D eigenvalue weighted by Gasteiger charge is -2.34. The molecule has 0 saturated carbocycles. The molecule has 2 rings (SSSR count). The number of phenolic OH excluding ortho intramolecular Hbond substituents is 2. The molecule has 1 aliphatic rings. The number of hydrogen-bond acceptors (Lipinski definition) is 5. The van der Waals surface area contributed by atoms with E-state index < -0.39 is 0 Å². The molecule has 0 amide bonds. The number of halogens is 2. The van der Waals surface area contributed by atoms with Crippen LogP contribution in [0.2, 0.25) is 0 Å². The molecule has 0 spiro atoms. The Bertz CT molecular complexity index is 459. The van der Waals surface area contributed by atoms with Gasteiger partial charge >= 0.3 is 0 Å². The van der Waals surface area contributed by atoms with E-state index in [1.165, 1.54) is 12.1 Å². The van der Waals surface area contributed by atoms with Crippen molar-refractivity contribution in [2.45, 2.75) is 12.5 Å². The van der Waals surface area contributed by atoms with Crippen molar-refractivity contribution in [2.24, 2.45) is 0 Å². The van der Waals surface area contributed by atoms with Crippen molar-refractivity contribution in [2.75, 3.05) is 26.2 Å². The standard InChI is InChI=1S/C13H17N3O2.2ClH/c14-4-3-12(16-7-5-15-6-8-16)11-9-10(17)1-2-13(11)18;;/h1-2,9,12,15,17-18H,3,5-8H2;2*1H/t12-;;/m1../s1. The van der Waals surface area contributed by atoms with E-state index in [9.17, 15) is 10.2 Å². The van der Waals surface area contributed by atoms with Crippen LogP contribution in [0.3, 0.4) is 0 Å². The molecule has 0 aliphatic carbocycles. The Morgan fingerprint density at radius 2 is 1.90 bits per heavy atom. The van der Waals surface area contributed by atoms with Crippen molar-refractivity contribution in [3.63, 3.8) is 0 Å². The van der Waals surface area contributed by atoms with Gasteiger partial charge in [0.05, 0.1) is 18.5 Å². The van der Waals surface area contributed by atoms with Crippen LogP contribution in [0.15, 0.2) is 18.2 Å². The van der Waals surface area contributed by atoms with Gasteiger partial charge in [-0.25, -0.2) is 0 Å². The van der Waals surface area contributed by atoms with Crippen molar-refractivity contribution in [1.82, 2.24) is 10.2 Å². The quantitative estimate of drug-likeness (QED) is 0.740. The van der Waals surface area contributed by atoms with E-state index in [0.29, 0.717) is 12.0 Å². The minimum Gasteiger partial charge on any atom is -0.508 e. The highest BCUT2D eigenvalue weighted by molar-refractivity contribution is 5.85. The number of rotatable bonds is 3. The normalized spacial score (nSPS) is 16.4. The minimum absolute atomic E-state index is 0. The summed E-state index contributed by atoms with van der Waals surface area (Å²) >= 11 is 0. The van der Waals surface area contributed by atoms with Crippen LogP contribution in [0.1, 0.15) is 18.0 Å². The van der Waals surface area contributed by atoms with Gasteiger partial charge in [0.2, 0.25) is 0 Å². The Balaban J connectivity index is 0.00000180. The fourth-order valence-electron chi connectivity index (χ4n) is 2.32. The van der Waals surface area contributed by atoms with Crippen LogP contribution in [0, 0.1) is 11.3 Å². The van der Waals surface area contributed by atoms with Crippen molar-refractivity contribution < 1.29 is 10.2 Å². The molecule has 112 valence electrons. The minimum atomic E-state index is -0.163.